The van der Waals surface area contributed by atoms with E-state index in [0.29, 0.717) is 19.5 Å². The van der Waals surface area contributed by atoms with Crippen molar-refractivity contribution in [2.75, 3.05) is 24.5 Å². The highest BCUT2D eigenvalue weighted by Crippen LogP contribution is 2.38. The smallest absolute Gasteiger partial charge is 0.351 e. The third kappa shape index (κ3) is 3.79. The first-order chi connectivity index (χ1) is 15.7. The van der Waals surface area contributed by atoms with Crippen LogP contribution in [0.25, 0.3) is 5.69 Å². The van der Waals surface area contributed by atoms with Gasteiger partial charge in [-0.2, -0.15) is 28.2 Å². The second kappa shape index (κ2) is 7.78. The normalized spacial score (nSPS) is 20.4. The van der Waals surface area contributed by atoms with Gasteiger partial charge in [-0.15, -0.1) is 0 Å². The van der Waals surface area contributed by atoms with Crippen molar-refractivity contribution in [2.24, 2.45) is 5.92 Å². The van der Waals surface area contributed by atoms with Crippen LogP contribution in [0, 0.1) is 18.7 Å². The molecule has 2 aliphatic rings. The molecule has 5 rings (SSSR count). The molecule has 0 radical (unpaired) electrons. The molecule has 3 aromatic rings. The van der Waals surface area contributed by atoms with E-state index in [1.807, 2.05) is 0 Å². The molecule has 0 N–H and O–H groups in total. The molecule has 2 fully saturated rings. The van der Waals surface area contributed by atoms with Gasteiger partial charge in [0.1, 0.15) is 22.9 Å². The third-order valence-electron chi connectivity index (χ3n) is 6.07. The monoisotopic (exact) mass is 461 g/mol. The Labute approximate surface area is 185 Å². The lowest BCUT2D eigenvalue weighted by molar-refractivity contribution is -0.145. The minimum atomic E-state index is -4.65. The van der Waals surface area contributed by atoms with E-state index >= 15 is 0 Å². The van der Waals surface area contributed by atoms with Crippen molar-refractivity contribution in [3.63, 3.8) is 0 Å². The van der Waals surface area contributed by atoms with E-state index in [0.717, 1.165) is 0 Å². The Morgan fingerprint density at radius 1 is 1.12 bits per heavy atom. The summed E-state index contributed by atoms with van der Waals surface area (Å²) in [5, 5.41) is 7.99. The van der Waals surface area contributed by atoms with Gasteiger partial charge in [-0.3, -0.25) is 4.79 Å². The maximum Gasteiger partial charge on any atom is 0.451 e. The Morgan fingerprint density at radius 2 is 1.88 bits per heavy atom. The maximum absolute atomic E-state index is 14.7. The van der Waals surface area contributed by atoms with Gasteiger partial charge >= 0.3 is 6.18 Å². The van der Waals surface area contributed by atoms with Gasteiger partial charge in [0, 0.05) is 37.3 Å². The summed E-state index contributed by atoms with van der Waals surface area (Å²) in [6.45, 7) is 2.69. The predicted molar refractivity (Wildman–Crippen MR) is 108 cm³/mol. The van der Waals surface area contributed by atoms with Gasteiger partial charge in [0.2, 0.25) is 5.82 Å². The number of amides is 1. The average molecular weight is 461 g/mol. The average Bonchev–Trinajstić information content (AvgIpc) is 3.28. The quantitative estimate of drug-likeness (QED) is 0.558. The fourth-order valence-electron chi connectivity index (χ4n) is 4.46. The lowest BCUT2D eigenvalue weighted by Crippen LogP contribution is -2.65. The molecule has 172 valence electrons. The molecule has 0 spiro atoms. The molecule has 12 heteroatoms. The second-order valence-corrected chi connectivity index (χ2v) is 8.16. The Morgan fingerprint density at radius 3 is 2.61 bits per heavy atom. The summed E-state index contributed by atoms with van der Waals surface area (Å²) < 4.78 is 54.2. The van der Waals surface area contributed by atoms with Crippen LogP contribution >= 0.6 is 0 Å². The zero-order valence-corrected chi connectivity index (χ0v) is 17.5. The summed E-state index contributed by atoms with van der Waals surface area (Å²) in [6, 6.07) is 5.52. The number of alkyl halides is 3. The molecule has 0 aliphatic carbocycles. The van der Waals surface area contributed by atoms with Gasteiger partial charge in [0.25, 0.3) is 5.91 Å². The highest BCUT2D eigenvalue weighted by molar-refractivity contribution is 5.98. The molecule has 2 aromatic heterocycles. The van der Waals surface area contributed by atoms with Gasteiger partial charge in [0.15, 0.2) is 0 Å². The highest BCUT2D eigenvalue weighted by Gasteiger charge is 2.45. The van der Waals surface area contributed by atoms with E-state index in [1.165, 1.54) is 47.2 Å². The van der Waals surface area contributed by atoms with Gasteiger partial charge in [-0.1, -0.05) is 6.07 Å². The van der Waals surface area contributed by atoms with E-state index in [4.69, 9.17) is 0 Å². The van der Waals surface area contributed by atoms with Gasteiger partial charge < -0.3 is 9.80 Å². The van der Waals surface area contributed by atoms with Crippen LogP contribution < -0.4 is 4.90 Å². The van der Waals surface area contributed by atoms with E-state index in [1.54, 1.807) is 11.0 Å². The molecule has 2 unspecified atom stereocenters. The van der Waals surface area contributed by atoms with E-state index in [-0.39, 0.29) is 41.3 Å². The lowest BCUT2D eigenvalue weighted by atomic mass is 9.82. The molecular formula is C21H19F4N7O. The predicted octanol–water partition coefficient (Wildman–Crippen LogP) is 2.87. The molecule has 2 saturated heterocycles. The Balaban J connectivity index is 1.41. The number of rotatable bonds is 3. The molecule has 33 heavy (non-hydrogen) atoms. The van der Waals surface area contributed by atoms with Gasteiger partial charge in [-0.05, 0) is 25.5 Å². The number of piperidine rings is 1. The van der Waals surface area contributed by atoms with Crippen molar-refractivity contribution < 1.29 is 22.4 Å². The number of likely N-dealkylation sites (tertiary alicyclic amines) is 1. The minimum Gasteiger partial charge on any atom is -0.351 e. The van der Waals surface area contributed by atoms with Crippen molar-refractivity contribution in [1.29, 1.82) is 0 Å². The van der Waals surface area contributed by atoms with Crippen LogP contribution in [0.1, 0.15) is 28.3 Å². The molecule has 0 bridgehead atoms. The van der Waals surface area contributed by atoms with Crippen molar-refractivity contribution in [3.05, 3.63) is 59.6 Å². The van der Waals surface area contributed by atoms with Crippen LogP contribution in [-0.2, 0) is 6.18 Å². The zero-order valence-electron chi connectivity index (χ0n) is 17.5. The molecule has 2 aliphatic heterocycles. The first kappa shape index (κ1) is 21.3. The number of benzene rings is 1. The van der Waals surface area contributed by atoms with Crippen molar-refractivity contribution in [2.45, 2.75) is 25.6 Å². The van der Waals surface area contributed by atoms with Crippen LogP contribution in [0.3, 0.4) is 0 Å². The number of halogens is 4. The number of anilines is 1. The third-order valence-corrected chi connectivity index (χ3v) is 6.07. The summed E-state index contributed by atoms with van der Waals surface area (Å²) in [6.07, 6.45) is -1.14. The number of hydrogen-bond acceptors (Lipinski definition) is 6. The SMILES string of the molecule is Cc1cc(N2CC3CCN(C(=O)c4c(F)cccc4-n4nccn4)CC32)nc(C(F)(F)F)n1. The molecule has 1 aromatic carbocycles. The lowest BCUT2D eigenvalue weighted by Gasteiger charge is -2.54. The number of carbonyl (C=O) groups excluding carboxylic acids is 1. The number of fused-ring (bicyclic) bond motifs is 1. The Bertz CT molecular complexity index is 1200. The fraction of sp³-hybridized carbons (Fsp3) is 0.381. The molecule has 8 nitrogen and oxygen atoms in total. The van der Waals surface area contributed by atoms with E-state index < -0.39 is 23.7 Å². The topological polar surface area (TPSA) is 80.0 Å². The second-order valence-electron chi connectivity index (χ2n) is 8.16. The van der Waals surface area contributed by atoms with Crippen LogP contribution in [0.5, 0.6) is 0 Å². The van der Waals surface area contributed by atoms with Crippen LogP contribution in [-0.4, -0.2) is 61.4 Å². The van der Waals surface area contributed by atoms with Crippen molar-refractivity contribution in [1.82, 2.24) is 29.9 Å². The zero-order chi connectivity index (χ0) is 23.3. The molecule has 4 heterocycles. The summed E-state index contributed by atoms with van der Waals surface area (Å²) in [5.41, 5.74) is 0.288. The number of nitrogens with zero attached hydrogens (tertiary/aromatic N) is 7. The first-order valence-corrected chi connectivity index (χ1v) is 10.4. The van der Waals surface area contributed by atoms with Crippen LogP contribution in [0.15, 0.2) is 36.7 Å². The van der Waals surface area contributed by atoms with E-state index in [9.17, 15) is 22.4 Å². The van der Waals surface area contributed by atoms with Gasteiger partial charge in [-0.25, -0.2) is 14.4 Å². The summed E-state index contributed by atoms with van der Waals surface area (Å²) in [7, 11) is 0. The maximum atomic E-state index is 14.7. The molecule has 0 saturated carbocycles. The molecular weight excluding hydrogens is 442 g/mol. The first-order valence-electron chi connectivity index (χ1n) is 10.4. The number of hydrogen-bond donors (Lipinski definition) is 0. The fourth-order valence-corrected chi connectivity index (χ4v) is 4.46. The molecule has 1 amide bonds. The summed E-state index contributed by atoms with van der Waals surface area (Å²) in [4.78, 5) is 25.0. The largest absolute Gasteiger partial charge is 0.451 e. The highest BCUT2D eigenvalue weighted by atomic mass is 19.4. The van der Waals surface area contributed by atoms with Crippen molar-refractivity contribution in [3.8, 4) is 5.69 Å². The summed E-state index contributed by atoms with van der Waals surface area (Å²) >= 11 is 0. The van der Waals surface area contributed by atoms with Crippen molar-refractivity contribution >= 4 is 11.7 Å². The number of carbonyl (C=O) groups is 1. The van der Waals surface area contributed by atoms with Crippen LogP contribution in [0.4, 0.5) is 23.4 Å². The standard InChI is InChI=1S/C21H19F4N7O/c1-12-9-17(29-20(28-12)21(23,24)25)31-10-13-5-8-30(11-16(13)31)19(33)18-14(22)3-2-4-15(18)32-26-6-7-27-32/h2-4,6-7,9,13,16H,5,8,10-11H2,1H3. The number of aryl methyl sites for hydroxylation is 1. The van der Waals surface area contributed by atoms with Crippen LogP contribution in [0.2, 0.25) is 0 Å². The Kier molecular flexibility index (Phi) is 5.02. The Hall–Kier alpha value is -3.57. The minimum absolute atomic E-state index is 0.143. The van der Waals surface area contributed by atoms with E-state index in [2.05, 4.69) is 20.2 Å². The molecule has 2 atom stereocenters. The summed E-state index contributed by atoms with van der Waals surface area (Å²) in [5.74, 6) is -2.00. The van der Waals surface area contributed by atoms with Gasteiger partial charge in [0.05, 0.1) is 18.4 Å². The number of aromatic nitrogens is 5.